The number of benzene rings is 2. The summed E-state index contributed by atoms with van der Waals surface area (Å²) < 4.78 is 26.2. The maximum atomic E-state index is 13.1. The largest absolute Gasteiger partial charge is 0.503 e. The molecule has 0 saturated heterocycles. The number of aromatic hydroxyl groups is 1. The fraction of sp³-hybridized carbons (Fsp3) is 0.143. The van der Waals surface area contributed by atoms with Gasteiger partial charge in [0, 0.05) is 12.2 Å². The number of nitrogens with one attached hydrogen (secondary N) is 1. The van der Waals surface area contributed by atoms with Crippen LogP contribution < -0.4 is 5.32 Å². The Kier molecular flexibility index (Phi) is 3.46. The highest BCUT2D eigenvalue weighted by Gasteiger charge is 2.09. The number of anilines is 1. The van der Waals surface area contributed by atoms with Crippen LogP contribution >= 0.6 is 0 Å². The quantitative estimate of drug-likeness (QED) is 0.871. The predicted octanol–water partition coefficient (Wildman–Crippen LogP) is 3.59. The highest BCUT2D eigenvalue weighted by Crippen LogP contribution is 2.22. The normalized spacial score (nSPS) is 10.4. The van der Waals surface area contributed by atoms with Gasteiger partial charge in [-0.15, -0.1) is 0 Å². The van der Waals surface area contributed by atoms with Crippen LogP contribution in [0.4, 0.5) is 14.5 Å². The van der Waals surface area contributed by atoms with Gasteiger partial charge in [0.15, 0.2) is 17.4 Å². The van der Waals surface area contributed by atoms with Crippen LogP contribution in [0, 0.1) is 18.6 Å². The lowest BCUT2D eigenvalue weighted by Gasteiger charge is -2.08. The molecule has 2 nitrogen and oxygen atoms in total. The number of phenols is 1. The molecule has 0 atom stereocenters. The van der Waals surface area contributed by atoms with Crippen LogP contribution in [0.5, 0.6) is 5.75 Å². The van der Waals surface area contributed by atoms with E-state index in [2.05, 4.69) is 5.32 Å². The van der Waals surface area contributed by atoms with Crippen molar-refractivity contribution < 1.29 is 13.9 Å². The number of hydrogen-bond acceptors (Lipinski definition) is 2. The van der Waals surface area contributed by atoms with Crippen molar-refractivity contribution in [1.82, 2.24) is 0 Å². The number of rotatable bonds is 3. The Labute approximate surface area is 104 Å². The van der Waals surface area contributed by atoms with Gasteiger partial charge in [-0.2, -0.15) is 0 Å². The van der Waals surface area contributed by atoms with E-state index in [4.69, 9.17) is 5.11 Å². The van der Waals surface area contributed by atoms with Crippen LogP contribution in [-0.4, -0.2) is 5.11 Å². The minimum atomic E-state index is -0.948. The third kappa shape index (κ3) is 2.77. The third-order valence-electron chi connectivity index (χ3n) is 2.62. The second kappa shape index (κ2) is 5.04. The molecule has 0 bridgehead atoms. The summed E-state index contributed by atoms with van der Waals surface area (Å²) in [5, 5.41) is 12.0. The van der Waals surface area contributed by atoms with E-state index in [-0.39, 0.29) is 6.54 Å². The maximum Gasteiger partial charge on any atom is 0.187 e. The molecule has 94 valence electrons. The van der Waals surface area contributed by atoms with Crippen molar-refractivity contribution in [2.75, 3.05) is 5.32 Å². The first kappa shape index (κ1) is 12.4. The Bertz CT molecular complexity index is 529. The van der Waals surface area contributed by atoms with Gasteiger partial charge in [-0.3, -0.25) is 0 Å². The van der Waals surface area contributed by atoms with Crippen molar-refractivity contribution in [3.63, 3.8) is 0 Å². The monoisotopic (exact) mass is 249 g/mol. The molecule has 0 aliphatic carbocycles. The predicted molar refractivity (Wildman–Crippen MR) is 66.5 cm³/mol. The van der Waals surface area contributed by atoms with Gasteiger partial charge in [-0.1, -0.05) is 17.7 Å². The molecule has 2 aromatic rings. The van der Waals surface area contributed by atoms with Crippen molar-refractivity contribution in [2.24, 2.45) is 0 Å². The number of hydrogen-bond donors (Lipinski definition) is 2. The highest BCUT2D eigenvalue weighted by molar-refractivity contribution is 5.45. The molecule has 0 unspecified atom stereocenters. The van der Waals surface area contributed by atoms with E-state index in [1.54, 1.807) is 0 Å². The molecule has 0 saturated carbocycles. The summed E-state index contributed by atoms with van der Waals surface area (Å²) in [4.78, 5) is 0. The van der Waals surface area contributed by atoms with Gasteiger partial charge >= 0.3 is 0 Å². The van der Waals surface area contributed by atoms with E-state index in [0.717, 1.165) is 23.4 Å². The summed E-state index contributed by atoms with van der Waals surface area (Å²) in [6, 6.07) is 9.89. The minimum Gasteiger partial charge on any atom is -0.503 e. The topological polar surface area (TPSA) is 32.3 Å². The van der Waals surface area contributed by atoms with Crippen LogP contribution in [0.2, 0.25) is 0 Å². The zero-order valence-electron chi connectivity index (χ0n) is 9.87. The van der Waals surface area contributed by atoms with E-state index >= 15 is 0 Å². The zero-order valence-corrected chi connectivity index (χ0v) is 9.87. The first-order valence-corrected chi connectivity index (χ1v) is 5.53. The molecular weight excluding hydrogens is 236 g/mol. The SMILES string of the molecule is Cc1ccc(NCc2cc(F)c(O)c(F)c2)cc1. The first-order valence-electron chi connectivity index (χ1n) is 5.53. The Morgan fingerprint density at radius 1 is 1.06 bits per heavy atom. The van der Waals surface area contributed by atoms with E-state index in [9.17, 15) is 8.78 Å². The van der Waals surface area contributed by atoms with Gasteiger partial charge in [-0.25, -0.2) is 8.78 Å². The van der Waals surface area contributed by atoms with Gasteiger partial charge in [0.2, 0.25) is 0 Å². The third-order valence-corrected chi connectivity index (χ3v) is 2.62. The molecule has 0 heterocycles. The Balaban J connectivity index is 2.08. The Morgan fingerprint density at radius 3 is 2.17 bits per heavy atom. The van der Waals surface area contributed by atoms with Crippen LogP contribution in [0.1, 0.15) is 11.1 Å². The first-order chi connectivity index (χ1) is 8.56. The van der Waals surface area contributed by atoms with Crippen LogP contribution in [0.3, 0.4) is 0 Å². The molecule has 0 aromatic heterocycles. The molecule has 0 aliphatic rings. The summed E-state index contributed by atoms with van der Waals surface area (Å²) in [6.45, 7) is 2.27. The van der Waals surface area contributed by atoms with Crippen molar-refractivity contribution >= 4 is 5.69 Å². The number of halogens is 2. The molecule has 0 aliphatic heterocycles. The van der Waals surface area contributed by atoms with E-state index in [1.165, 1.54) is 0 Å². The standard InChI is InChI=1S/C14H13F2NO/c1-9-2-4-11(5-3-9)17-8-10-6-12(15)14(18)13(16)7-10/h2-7,17-18H,8H2,1H3. The molecule has 0 radical (unpaired) electrons. The van der Waals surface area contributed by atoms with E-state index in [0.29, 0.717) is 5.56 Å². The lowest BCUT2D eigenvalue weighted by molar-refractivity contribution is 0.395. The molecule has 2 aromatic carbocycles. The van der Waals surface area contributed by atoms with Crippen LogP contribution in [0.25, 0.3) is 0 Å². The molecule has 0 amide bonds. The highest BCUT2D eigenvalue weighted by atomic mass is 19.1. The number of aryl methyl sites for hydroxylation is 1. The fourth-order valence-electron chi connectivity index (χ4n) is 1.60. The molecular formula is C14H13F2NO. The van der Waals surface area contributed by atoms with Gasteiger partial charge in [0.25, 0.3) is 0 Å². The molecule has 2 N–H and O–H groups in total. The van der Waals surface area contributed by atoms with Crippen molar-refractivity contribution in [2.45, 2.75) is 13.5 Å². The fourth-order valence-corrected chi connectivity index (χ4v) is 1.60. The second-order valence-electron chi connectivity index (χ2n) is 4.13. The number of phenolic OH excluding ortho intramolecular Hbond substituents is 1. The summed E-state index contributed by atoms with van der Waals surface area (Å²) in [5.74, 6) is -2.83. The van der Waals surface area contributed by atoms with Gasteiger partial charge < -0.3 is 10.4 Å². The second-order valence-corrected chi connectivity index (χ2v) is 4.13. The summed E-state index contributed by atoms with van der Waals surface area (Å²) >= 11 is 0. The summed E-state index contributed by atoms with van der Waals surface area (Å²) in [6.07, 6.45) is 0. The Morgan fingerprint density at radius 2 is 1.61 bits per heavy atom. The molecule has 18 heavy (non-hydrogen) atoms. The van der Waals surface area contributed by atoms with Crippen LogP contribution in [-0.2, 0) is 6.54 Å². The lowest BCUT2D eigenvalue weighted by atomic mass is 10.2. The van der Waals surface area contributed by atoms with Gasteiger partial charge in [-0.05, 0) is 36.8 Å². The smallest absolute Gasteiger partial charge is 0.187 e. The van der Waals surface area contributed by atoms with Crippen molar-refractivity contribution in [1.29, 1.82) is 0 Å². The zero-order chi connectivity index (χ0) is 13.1. The van der Waals surface area contributed by atoms with Crippen molar-refractivity contribution in [3.05, 3.63) is 59.2 Å². The molecule has 0 spiro atoms. The van der Waals surface area contributed by atoms with Crippen LogP contribution in [0.15, 0.2) is 36.4 Å². The van der Waals surface area contributed by atoms with Gasteiger partial charge in [0.05, 0.1) is 0 Å². The van der Waals surface area contributed by atoms with Crippen molar-refractivity contribution in [3.8, 4) is 5.75 Å². The maximum absolute atomic E-state index is 13.1. The molecule has 4 heteroatoms. The molecule has 0 fully saturated rings. The summed E-state index contributed by atoms with van der Waals surface area (Å²) in [5.41, 5.74) is 2.44. The Hall–Kier alpha value is -2.10. The van der Waals surface area contributed by atoms with E-state index < -0.39 is 17.4 Å². The minimum absolute atomic E-state index is 0.289. The average Bonchev–Trinajstić information content (AvgIpc) is 2.35. The summed E-state index contributed by atoms with van der Waals surface area (Å²) in [7, 11) is 0. The lowest BCUT2D eigenvalue weighted by Crippen LogP contribution is -2.00. The molecule has 2 rings (SSSR count). The van der Waals surface area contributed by atoms with Gasteiger partial charge in [0.1, 0.15) is 0 Å². The average molecular weight is 249 g/mol. The van der Waals surface area contributed by atoms with E-state index in [1.807, 2.05) is 31.2 Å².